The Morgan fingerprint density at radius 1 is 0.607 bits per heavy atom. The molecule has 0 atom stereocenters. The van der Waals surface area contributed by atoms with Gasteiger partial charge in [0.05, 0.1) is 42.3 Å². The van der Waals surface area contributed by atoms with E-state index in [0.717, 1.165) is 33.2 Å². The number of rotatable bonds is 4. The fourth-order valence-electron chi connectivity index (χ4n) is 3.55. The van der Waals surface area contributed by atoms with Gasteiger partial charge in [-0.05, 0) is 12.1 Å². The molecule has 0 spiro atoms. The fraction of sp³-hybridized carbons (Fsp3) is 0.364. The van der Waals surface area contributed by atoms with E-state index in [1.165, 1.54) is 0 Å². The van der Waals surface area contributed by atoms with E-state index in [1.807, 2.05) is 24.3 Å². The molecule has 0 saturated heterocycles. The Balaban J connectivity index is 0.00000196. The van der Waals surface area contributed by atoms with E-state index < -0.39 is 0 Å². The smallest absolute Gasteiger partial charge is 0.194 e. The van der Waals surface area contributed by atoms with Crippen LogP contribution < -0.4 is 34.0 Å². The monoisotopic (exact) mass is 510 g/mol. The van der Waals surface area contributed by atoms with Crippen LogP contribution in [0.5, 0.6) is 0 Å². The van der Waals surface area contributed by atoms with Crippen LogP contribution in [0.3, 0.4) is 0 Å². The molecule has 3 rings (SSSR count). The normalized spacial score (nSPS) is 13.2. The van der Waals surface area contributed by atoms with E-state index >= 15 is 0 Å². The number of hydrogen-bond donors (Lipinski definition) is 0. The second-order valence-corrected chi connectivity index (χ2v) is 9.27. The Hall–Kier alpha value is -1.34. The summed E-state index contributed by atoms with van der Waals surface area (Å²) in [4.78, 5) is 26.0. The first-order valence-electron chi connectivity index (χ1n) is 8.91. The van der Waals surface area contributed by atoms with E-state index in [9.17, 15) is 9.59 Å². The maximum Gasteiger partial charge on any atom is 0.194 e. The zero-order chi connectivity index (χ0) is 19.3. The van der Waals surface area contributed by atoms with Gasteiger partial charge in [-0.15, -0.1) is 0 Å². The van der Waals surface area contributed by atoms with Gasteiger partial charge in [0, 0.05) is 33.4 Å². The van der Waals surface area contributed by atoms with Gasteiger partial charge in [-0.2, -0.15) is 0 Å². The highest BCUT2D eigenvalue weighted by Crippen LogP contribution is 2.31. The van der Waals surface area contributed by atoms with Crippen LogP contribution in [-0.4, -0.2) is 62.8 Å². The summed E-state index contributed by atoms with van der Waals surface area (Å²) in [7, 11) is 12.8. The minimum Gasteiger partial charge on any atom is -1.00 e. The van der Waals surface area contributed by atoms with Crippen molar-refractivity contribution < 1.29 is 52.5 Å². The number of carbonyl (C=O) groups excluding carboxylic acids is 2. The maximum atomic E-state index is 13.0. The van der Waals surface area contributed by atoms with Crippen LogP contribution in [0.25, 0.3) is 0 Å². The van der Waals surface area contributed by atoms with Crippen molar-refractivity contribution in [3.05, 3.63) is 69.8 Å². The fourth-order valence-corrected chi connectivity index (χ4v) is 3.55. The first kappa shape index (κ1) is 24.7. The highest BCUT2D eigenvalue weighted by Gasteiger charge is 2.32. The van der Waals surface area contributed by atoms with Gasteiger partial charge in [-0.1, -0.05) is 24.3 Å². The van der Waals surface area contributed by atoms with Crippen molar-refractivity contribution >= 4 is 11.6 Å². The second kappa shape index (κ2) is 8.57. The molecule has 0 fully saturated rings. The number of benzene rings is 2. The van der Waals surface area contributed by atoms with Crippen molar-refractivity contribution in [3.8, 4) is 0 Å². The van der Waals surface area contributed by atoms with Crippen molar-refractivity contribution in [2.75, 3.05) is 42.3 Å². The number of ketones is 2. The van der Waals surface area contributed by atoms with Crippen LogP contribution in [-0.2, 0) is 13.1 Å². The molecule has 28 heavy (non-hydrogen) atoms. The second-order valence-electron chi connectivity index (χ2n) is 9.27. The van der Waals surface area contributed by atoms with E-state index in [1.54, 1.807) is 12.1 Å². The first-order valence-corrected chi connectivity index (χ1v) is 8.91. The van der Waals surface area contributed by atoms with E-state index in [2.05, 4.69) is 42.3 Å². The summed E-state index contributed by atoms with van der Waals surface area (Å²) in [5.74, 6) is -0.0932. The molecule has 0 N–H and O–H groups in total. The largest absolute Gasteiger partial charge is 1.00 e. The molecule has 1 aliphatic rings. The Bertz CT molecular complexity index is 836. The highest BCUT2D eigenvalue weighted by atomic mass is 79.9. The topological polar surface area (TPSA) is 34.1 Å². The predicted octanol–water partition coefficient (Wildman–Crippen LogP) is -3.12. The number of quaternary nitrogens is 2. The van der Waals surface area contributed by atoms with Crippen LogP contribution in [0.1, 0.15) is 43.0 Å². The van der Waals surface area contributed by atoms with Crippen molar-refractivity contribution in [1.82, 2.24) is 0 Å². The minimum absolute atomic E-state index is 0. The lowest BCUT2D eigenvalue weighted by atomic mass is 9.82. The van der Waals surface area contributed by atoms with Gasteiger partial charge in [0.25, 0.3) is 0 Å². The molecule has 152 valence electrons. The lowest BCUT2D eigenvalue weighted by Crippen LogP contribution is -3.00. The third-order valence-electron chi connectivity index (χ3n) is 4.53. The van der Waals surface area contributed by atoms with E-state index in [-0.39, 0.29) is 45.5 Å². The van der Waals surface area contributed by atoms with Crippen molar-refractivity contribution in [3.63, 3.8) is 0 Å². The number of halogens is 2. The van der Waals surface area contributed by atoms with Gasteiger partial charge in [-0.25, -0.2) is 0 Å². The lowest BCUT2D eigenvalue weighted by Gasteiger charge is -2.30. The molecule has 0 unspecified atom stereocenters. The van der Waals surface area contributed by atoms with Crippen molar-refractivity contribution in [1.29, 1.82) is 0 Å². The molecule has 0 amide bonds. The summed E-state index contributed by atoms with van der Waals surface area (Å²) >= 11 is 0. The number of fused-ring (bicyclic) bond motifs is 2. The molecule has 0 aliphatic heterocycles. The Labute approximate surface area is 188 Å². The molecule has 0 bridgehead atoms. The van der Waals surface area contributed by atoms with Gasteiger partial charge in [0.1, 0.15) is 13.1 Å². The summed E-state index contributed by atoms with van der Waals surface area (Å²) in [6.07, 6.45) is 0. The van der Waals surface area contributed by atoms with Gasteiger partial charge in [0.15, 0.2) is 11.6 Å². The average molecular weight is 512 g/mol. The molecular formula is C22H28Br2N2O2. The Morgan fingerprint density at radius 3 is 1.21 bits per heavy atom. The van der Waals surface area contributed by atoms with Gasteiger partial charge < -0.3 is 42.9 Å². The van der Waals surface area contributed by atoms with Gasteiger partial charge >= 0.3 is 0 Å². The molecule has 0 heterocycles. The molecule has 4 nitrogen and oxygen atoms in total. The highest BCUT2D eigenvalue weighted by molar-refractivity contribution is 6.28. The third-order valence-corrected chi connectivity index (χ3v) is 4.53. The van der Waals surface area contributed by atoms with E-state index in [4.69, 9.17) is 0 Å². The van der Waals surface area contributed by atoms with Crippen LogP contribution in [0.15, 0.2) is 36.4 Å². The molecule has 0 saturated carbocycles. The average Bonchev–Trinajstić information content (AvgIpc) is 2.51. The number of nitrogens with zero attached hydrogens (tertiary/aromatic N) is 2. The summed E-state index contributed by atoms with van der Waals surface area (Å²) < 4.78 is 1.53. The van der Waals surface area contributed by atoms with Crippen LogP contribution in [0, 0.1) is 0 Å². The lowest BCUT2D eigenvalue weighted by molar-refractivity contribution is -0.887. The predicted molar refractivity (Wildman–Crippen MR) is 103 cm³/mol. The van der Waals surface area contributed by atoms with Gasteiger partial charge in [0.2, 0.25) is 0 Å². The molecule has 1 aliphatic carbocycles. The molecule has 0 aromatic heterocycles. The van der Waals surface area contributed by atoms with E-state index in [0.29, 0.717) is 22.3 Å². The number of carbonyl (C=O) groups is 2. The Kier molecular flexibility index (Phi) is 7.56. The summed E-state index contributed by atoms with van der Waals surface area (Å²) in [5, 5.41) is 0. The molecule has 0 radical (unpaired) electrons. The van der Waals surface area contributed by atoms with Crippen molar-refractivity contribution in [2.45, 2.75) is 13.1 Å². The van der Waals surface area contributed by atoms with Crippen molar-refractivity contribution in [2.24, 2.45) is 0 Å². The molecular weight excluding hydrogens is 484 g/mol. The van der Waals surface area contributed by atoms with Gasteiger partial charge in [-0.3, -0.25) is 9.59 Å². The molecule has 2 aromatic rings. The standard InChI is InChI=1S/C22H28N2O2.2BrH/c1-23(2,3)13-15-11-19-20(12-16(15)14-24(4,5)6)22(26)18-10-8-7-9-17(18)21(19)25;;/h7-12H,13-14H2,1-6H3;2*1H/q+2;;/p-2. The van der Waals surface area contributed by atoms with Crippen LogP contribution >= 0.6 is 0 Å². The summed E-state index contributed by atoms with van der Waals surface area (Å²) in [6.45, 7) is 1.62. The zero-order valence-electron chi connectivity index (χ0n) is 17.3. The number of hydrogen-bond acceptors (Lipinski definition) is 2. The quantitative estimate of drug-likeness (QED) is 0.347. The first-order chi connectivity index (χ1) is 12.0. The van der Waals surface area contributed by atoms with Crippen LogP contribution in [0.2, 0.25) is 0 Å². The van der Waals surface area contributed by atoms with Crippen LogP contribution in [0.4, 0.5) is 0 Å². The SMILES string of the molecule is C[N+](C)(C)Cc1cc2c(cc1C[N+](C)(C)C)C(=O)c1ccccc1C2=O.[Br-].[Br-]. The molecule has 6 heteroatoms. The zero-order valence-corrected chi connectivity index (χ0v) is 20.5. The Morgan fingerprint density at radius 2 is 0.929 bits per heavy atom. The molecule has 2 aromatic carbocycles. The maximum absolute atomic E-state index is 13.0. The minimum atomic E-state index is -0.0466. The summed E-state index contributed by atoms with van der Waals surface area (Å²) in [6, 6.07) is 11.0. The summed E-state index contributed by atoms with van der Waals surface area (Å²) in [5.41, 5.74) is 4.40. The third kappa shape index (κ3) is 5.17.